The van der Waals surface area contributed by atoms with Crippen LogP contribution < -0.4 is 0 Å². The zero-order valence-electron chi connectivity index (χ0n) is 8.66. The molecule has 1 nitrogen and oxygen atoms in total. The smallest absolute Gasteiger partial charge is 0.0480 e. The van der Waals surface area contributed by atoms with Crippen molar-refractivity contribution in [1.29, 1.82) is 0 Å². The Morgan fingerprint density at radius 2 is 2.14 bits per heavy atom. The lowest BCUT2D eigenvalue weighted by Gasteiger charge is -2.03. The molecule has 0 bridgehead atoms. The number of rotatable bonds is 3. The molecular weight excluding hydrogens is 190 g/mol. The molecule has 0 N–H and O–H groups in total. The van der Waals surface area contributed by atoms with E-state index in [2.05, 4.69) is 48.2 Å². The summed E-state index contributed by atoms with van der Waals surface area (Å²) in [6.45, 7) is 3.24. The first-order valence-corrected chi connectivity index (χ1v) is 6.25. The third-order valence-corrected chi connectivity index (χ3v) is 3.05. The van der Waals surface area contributed by atoms with E-state index in [0.717, 1.165) is 6.54 Å². The maximum atomic E-state index is 2.32. The molecule has 0 aliphatic heterocycles. The molecule has 2 rings (SSSR count). The Morgan fingerprint density at radius 3 is 2.93 bits per heavy atom. The van der Waals surface area contributed by atoms with Gasteiger partial charge in [-0.25, -0.2) is 0 Å². The molecule has 0 aliphatic carbocycles. The van der Waals surface area contributed by atoms with Crippen LogP contribution in [0.5, 0.6) is 0 Å². The molecule has 0 spiro atoms. The van der Waals surface area contributed by atoms with E-state index in [9.17, 15) is 0 Å². The average Bonchev–Trinajstić information content (AvgIpc) is 2.57. The molecule has 1 aromatic carbocycles. The van der Waals surface area contributed by atoms with Crippen LogP contribution in [0.3, 0.4) is 0 Å². The summed E-state index contributed by atoms with van der Waals surface area (Å²) in [5.74, 6) is 1.18. The van der Waals surface area contributed by atoms with Crippen molar-refractivity contribution >= 4 is 22.7 Å². The monoisotopic (exact) mass is 205 g/mol. The highest BCUT2D eigenvalue weighted by Gasteiger charge is 1.99. The van der Waals surface area contributed by atoms with Gasteiger partial charge in [0.25, 0.3) is 0 Å². The molecule has 0 aliphatic rings. The summed E-state index contributed by atoms with van der Waals surface area (Å²) in [5, 5.41) is 1.35. The van der Waals surface area contributed by atoms with Crippen molar-refractivity contribution in [2.24, 2.45) is 0 Å². The maximum absolute atomic E-state index is 2.32. The topological polar surface area (TPSA) is 4.93 Å². The van der Waals surface area contributed by atoms with Gasteiger partial charge in [0.05, 0.1) is 0 Å². The summed E-state index contributed by atoms with van der Waals surface area (Å²) in [6.07, 6.45) is 4.33. The minimum atomic E-state index is 1.10. The van der Waals surface area contributed by atoms with Gasteiger partial charge in [-0.05, 0) is 36.8 Å². The van der Waals surface area contributed by atoms with Crippen molar-refractivity contribution in [2.75, 3.05) is 12.0 Å². The summed E-state index contributed by atoms with van der Waals surface area (Å²) in [7, 11) is 0. The zero-order chi connectivity index (χ0) is 9.97. The molecule has 0 saturated carbocycles. The summed E-state index contributed by atoms with van der Waals surface area (Å²) in [5.41, 5.74) is 2.68. The fourth-order valence-electron chi connectivity index (χ4n) is 1.70. The Bertz CT molecular complexity index is 431. The minimum Gasteiger partial charge on any atom is -0.347 e. The molecule has 0 fully saturated rings. The Labute approximate surface area is 89.1 Å². The first-order valence-electron chi connectivity index (χ1n) is 4.85. The fraction of sp³-hybridized carbons (Fsp3) is 0.333. The van der Waals surface area contributed by atoms with Gasteiger partial charge >= 0.3 is 0 Å². The van der Waals surface area contributed by atoms with E-state index in [4.69, 9.17) is 0 Å². The Morgan fingerprint density at radius 1 is 1.29 bits per heavy atom. The molecule has 0 unspecified atom stereocenters. The predicted molar refractivity (Wildman–Crippen MR) is 65.1 cm³/mol. The number of fused-ring (bicyclic) bond motifs is 1. The van der Waals surface area contributed by atoms with Crippen molar-refractivity contribution in [1.82, 2.24) is 4.57 Å². The van der Waals surface area contributed by atoms with Gasteiger partial charge in [-0.2, -0.15) is 11.8 Å². The number of nitrogens with zero attached hydrogens (tertiary/aromatic N) is 1. The van der Waals surface area contributed by atoms with Crippen LogP contribution in [0.25, 0.3) is 10.9 Å². The molecule has 1 aromatic heterocycles. The number of hydrogen-bond acceptors (Lipinski definition) is 1. The average molecular weight is 205 g/mol. The van der Waals surface area contributed by atoms with E-state index in [-0.39, 0.29) is 0 Å². The first-order chi connectivity index (χ1) is 6.81. The summed E-state index contributed by atoms with van der Waals surface area (Å²) >= 11 is 1.89. The molecule has 0 amide bonds. The SMILES string of the molecule is CSCCn1ccc2cc(C)ccc21. The van der Waals surface area contributed by atoms with Gasteiger partial charge in [0.2, 0.25) is 0 Å². The number of hydrogen-bond donors (Lipinski definition) is 0. The molecule has 14 heavy (non-hydrogen) atoms. The highest BCUT2D eigenvalue weighted by molar-refractivity contribution is 7.98. The first kappa shape index (κ1) is 9.66. The highest BCUT2D eigenvalue weighted by Crippen LogP contribution is 2.17. The summed E-state index contributed by atoms with van der Waals surface area (Å²) < 4.78 is 2.32. The number of thioether (sulfide) groups is 1. The Hall–Kier alpha value is -0.890. The van der Waals surface area contributed by atoms with E-state index >= 15 is 0 Å². The van der Waals surface area contributed by atoms with E-state index in [1.54, 1.807) is 0 Å². The molecule has 0 radical (unpaired) electrons. The zero-order valence-corrected chi connectivity index (χ0v) is 9.47. The van der Waals surface area contributed by atoms with Crippen LogP contribution in [0.15, 0.2) is 30.5 Å². The van der Waals surface area contributed by atoms with Crippen molar-refractivity contribution in [3.8, 4) is 0 Å². The van der Waals surface area contributed by atoms with Gasteiger partial charge < -0.3 is 4.57 Å². The second kappa shape index (κ2) is 4.09. The van der Waals surface area contributed by atoms with Crippen LogP contribution in [-0.4, -0.2) is 16.6 Å². The lowest BCUT2D eigenvalue weighted by molar-refractivity contribution is 0.808. The van der Waals surface area contributed by atoms with E-state index in [1.165, 1.54) is 22.2 Å². The Kier molecular flexibility index (Phi) is 2.82. The van der Waals surface area contributed by atoms with Gasteiger partial charge in [-0.15, -0.1) is 0 Å². The molecule has 74 valence electrons. The van der Waals surface area contributed by atoms with Crippen LogP contribution in [0.1, 0.15) is 5.56 Å². The van der Waals surface area contributed by atoms with Crippen molar-refractivity contribution in [3.63, 3.8) is 0 Å². The number of aryl methyl sites for hydroxylation is 2. The molecule has 0 atom stereocenters. The third-order valence-electron chi connectivity index (χ3n) is 2.46. The van der Waals surface area contributed by atoms with Crippen LogP contribution in [-0.2, 0) is 6.54 Å². The third kappa shape index (κ3) is 1.80. The second-order valence-corrected chi connectivity index (χ2v) is 4.55. The van der Waals surface area contributed by atoms with Gasteiger partial charge in [0.1, 0.15) is 0 Å². The fourth-order valence-corrected chi connectivity index (χ4v) is 2.08. The van der Waals surface area contributed by atoms with Crippen LogP contribution in [0.4, 0.5) is 0 Å². The highest BCUT2D eigenvalue weighted by atomic mass is 32.2. The van der Waals surface area contributed by atoms with Gasteiger partial charge in [0, 0.05) is 24.0 Å². The van der Waals surface area contributed by atoms with Gasteiger partial charge in [-0.3, -0.25) is 0 Å². The van der Waals surface area contributed by atoms with Crippen molar-refractivity contribution in [3.05, 3.63) is 36.0 Å². The molecule has 2 heteroatoms. The van der Waals surface area contributed by atoms with E-state index in [1.807, 2.05) is 11.8 Å². The van der Waals surface area contributed by atoms with Crippen molar-refractivity contribution in [2.45, 2.75) is 13.5 Å². The molecule has 0 saturated heterocycles. The lowest BCUT2D eigenvalue weighted by Crippen LogP contribution is -1.97. The molecular formula is C12H15NS. The quantitative estimate of drug-likeness (QED) is 0.744. The second-order valence-electron chi connectivity index (χ2n) is 3.56. The van der Waals surface area contributed by atoms with Crippen LogP contribution in [0, 0.1) is 6.92 Å². The minimum absolute atomic E-state index is 1.10. The van der Waals surface area contributed by atoms with Crippen LogP contribution >= 0.6 is 11.8 Å². The van der Waals surface area contributed by atoms with E-state index in [0.29, 0.717) is 0 Å². The van der Waals surface area contributed by atoms with Gasteiger partial charge in [0.15, 0.2) is 0 Å². The molecule has 2 aromatic rings. The van der Waals surface area contributed by atoms with Crippen LogP contribution in [0.2, 0.25) is 0 Å². The normalized spacial score (nSPS) is 11.0. The van der Waals surface area contributed by atoms with Crippen molar-refractivity contribution < 1.29 is 0 Å². The predicted octanol–water partition coefficient (Wildman–Crippen LogP) is 3.31. The number of aromatic nitrogens is 1. The number of benzene rings is 1. The maximum Gasteiger partial charge on any atom is 0.0480 e. The molecule has 1 heterocycles. The van der Waals surface area contributed by atoms with Gasteiger partial charge in [-0.1, -0.05) is 11.6 Å². The Balaban J connectivity index is 2.37. The summed E-state index contributed by atoms with van der Waals surface area (Å²) in [4.78, 5) is 0. The van der Waals surface area contributed by atoms with E-state index < -0.39 is 0 Å². The lowest BCUT2D eigenvalue weighted by atomic mass is 10.2. The summed E-state index contributed by atoms with van der Waals surface area (Å²) in [6, 6.07) is 8.83. The largest absolute Gasteiger partial charge is 0.347 e. The standard InChI is InChI=1S/C12H15NS/c1-10-3-4-12-11(9-10)5-6-13(12)7-8-14-2/h3-6,9H,7-8H2,1-2H3.